The van der Waals surface area contributed by atoms with Crippen LogP contribution in [-0.2, 0) is 14.3 Å². The fourth-order valence-electron chi connectivity index (χ4n) is 3.74. The molecule has 1 aliphatic heterocycles. The van der Waals surface area contributed by atoms with Gasteiger partial charge in [-0.1, -0.05) is 34.8 Å². The smallest absolute Gasteiger partial charge is 0.411 e. The first-order valence-corrected chi connectivity index (χ1v) is 11.8. The van der Waals surface area contributed by atoms with Crippen LogP contribution < -0.4 is 5.32 Å². The summed E-state index contributed by atoms with van der Waals surface area (Å²) in [6.45, 7) is 5.55. The molecule has 0 bridgehead atoms. The summed E-state index contributed by atoms with van der Waals surface area (Å²) in [5, 5.41) is 2.68. The predicted octanol–water partition coefficient (Wildman–Crippen LogP) is 5.41. The third-order valence-corrected chi connectivity index (χ3v) is 6.65. The third kappa shape index (κ3) is 6.65. The average molecular weight is 499 g/mol. The molecule has 1 saturated carbocycles. The quantitative estimate of drug-likeness (QED) is 0.510. The van der Waals surface area contributed by atoms with Gasteiger partial charge in [0.25, 0.3) is 0 Å². The maximum Gasteiger partial charge on any atom is 0.411 e. The first kappa shape index (κ1) is 24.0. The van der Waals surface area contributed by atoms with Crippen molar-refractivity contribution in [2.75, 3.05) is 19.0 Å². The maximum atomic E-state index is 14.5. The Labute approximate surface area is 192 Å². The minimum absolute atomic E-state index is 0.104. The molecule has 2 amide bonds. The minimum Gasteiger partial charge on any atom is -0.444 e. The first-order valence-electron chi connectivity index (χ1n) is 10.8. The molecule has 1 aliphatic carbocycles. The number of anilines is 1. The molecule has 3 unspecified atom stereocenters. The highest BCUT2D eigenvalue weighted by Crippen LogP contribution is 2.39. The van der Waals surface area contributed by atoms with Crippen LogP contribution in [0.15, 0.2) is 18.2 Å². The number of alkyl halides is 1. The van der Waals surface area contributed by atoms with Crippen LogP contribution in [0.5, 0.6) is 0 Å². The van der Waals surface area contributed by atoms with Gasteiger partial charge in [0.05, 0.1) is 18.3 Å². The summed E-state index contributed by atoms with van der Waals surface area (Å²) >= 11 is 3.69. The zero-order chi connectivity index (χ0) is 22.8. The van der Waals surface area contributed by atoms with Gasteiger partial charge in [-0.25, -0.2) is 9.18 Å². The molecule has 1 N–H and O–H groups in total. The van der Waals surface area contributed by atoms with E-state index in [9.17, 15) is 14.0 Å². The minimum atomic E-state index is -0.794. The zero-order valence-corrected chi connectivity index (χ0v) is 20.2. The Kier molecular flexibility index (Phi) is 7.63. The van der Waals surface area contributed by atoms with Gasteiger partial charge in [0, 0.05) is 18.4 Å². The van der Waals surface area contributed by atoms with Gasteiger partial charge < -0.3 is 14.8 Å². The van der Waals surface area contributed by atoms with Crippen molar-refractivity contribution in [3.05, 3.63) is 29.6 Å². The zero-order valence-electron chi connectivity index (χ0n) is 18.6. The molecule has 3 rings (SSSR count). The van der Waals surface area contributed by atoms with Crippen molar-refractivity contribution < 1.29 is 23.5 Å². The first-order chi connectivity index (χ1) is 14.6. The molecule has 0 aromatic heterocycles. The number of hydrogen-bond acceptors (Lipinski definition) is 4. The second-order valence-electron chi connectivity index (χ2n) is 9.46. The number of nitrogens with zero attached hydrogens (tertiary/aromatic N) is 1. The summed E-state index contributed by atoms with van der Waals surface area (Å²) < 4.78 is 25.3. The van der Waals surface area contributed by atoms with Crippen molar-refractivity contribution in [1.82, 2.24) is 4.90 Å². The number of carbonyl (C=O) groups is 2. The van der Waals surface area contributed by atoms with Gasteiger partial charge in [0.1, 0.15) is 17.5 Å². The normalized spacial score (nSPS) is 22.3. The molecule has 2 aliphatic rings. The number of halogens is 2. The van der Waals surface area contributed by atoms with Crippen molar-refractivity contribution in [1.29, 1.82) is 0 Å². The Morgan fingerprint density at radius 1 is 1.32 bits per heavy atom. The molecule has 2 fully saturated rings. The predicted molar refractivity (Wildman–Crippen MR) is 121 cm³/mol. The van der Waals surface area contributed by atoms with E-state index in [0.29, 0.717) is 6.42 Å². The lowest BCUT2D eigenvalue weighted by atomic mass is 10.1. The number of benzene rings is 1. The monoisotopic (exact) mass is 498 g/mol. The summed E-state index contributed by atoms with van der Waals surface area (Å²) in [6.07, 6.45) is 4.15. The summed E-state index contributed by atoms with van der Waals surface area (Å²) in [7, 11) is 1.54. The molecule has 0 radical (unpaired) electrons. The van der Waals surface area contributed by atoms with Crippen molar-refractivity contribution >= 4 is 33.6 Å². The van der Waals surface area contributed by atoms with Crippen molar-refractivity contribution in [2.45, 2.75) is 75.4 Å². The van der Waals surface area contributed by atoms with Gasteiger partial charge in [-0.2, -0.15) is 0 Å². The highest BCUT2D eigenvalue weighted by atomic mass is 79.9. The van der Waals surface area contributed by atoms with Crippen LogP contribution in [0, 0.1) is 11.7 Å². The van der Waals surface area contributed by atoms with Gasteiger partial charge in [-0.05, 0) is 57.2 Å². The number of ether oxygens (including phenoxy) is 2. The molecule has 1 saturated heterocycles. The third-order valence-electron chi connectivity index (χ3n) is 5.66. The Balaban J connectivity index is 1.70. The van der Waals surface area contributed by atoms with Crippen LogP contribution in [0.4, 0.5) is 14.9 Å². The van der Waals surface area contributed by atoms with Gasteiger partial charge >= 0.3 is 6.09 Å². The summed E-state index contributed by atoms with van der Waals surface area (Å²) in [4.78, 5) is 27.1. The van der Waals surface area contributed by atoms with Crippen LogP contribution >= 0.6 is 15.9 Å². The van der Waals surface area contributed by atoms with Crippen LogP contribution in [-0.4, -0.2) is 48.3 Å². The lowest BCUT2D eigenvalue weighted by molar-refractivity contribution is -0.120. The number of amides is 2. The highest BCUT2D eigenvalue weighted by Gasteiger charge is 2.42. The van der Waals surface area contributed by atoms with E-state index in [4.69, 9.17) is 9.47 Å². The standard InChI is InChI=1S/C23H32BrFN2O4/c1-23(2,3)31-22(29)27-13-16(30-4)12-20(27)21(28)26-19-11-15(8-10-18(19)25)17(24)9-7-14-5-6-14/h8,10-11,14,16-17,20H,5-7,9,12-13H2,1-4H3,(H,26,28). The van der Waals surface area contributed by atoms with E-state index < -0.39 is 29.5 Å². The molecular weight excluding hydrogens is 467 g/mol. The Morgan fingerprint density at radius 3 is 2.65 bits per heavy atom. The van der Waals surface area contributed by atoms with Crippen molar-refractivity contribution in [3.63, 3.8) is 0 Å². The molecular formula is C23H32BrFN2O4. The fraction of sp³-hybridized carbons (Fsp3) is 0.652. The average Bonchev–Trinajstić information content (AvgIpc) is 3.42. The van der Waals surface area contributed by atoms with E-state index in [1.165, 1.54) is 23.8 Å². The molecule has 6 nitrogen and oxygen atoms in total. The van der Waals surface area contributed by atoms with E-state index in [1.54, 1.807) is 40.0 Å². The van der Waals surface area contributed by atoms with Gasteiger partial charge in [-0.15, -0.1) is 0 Å². The summed E-state index contributed by atoms with van der Waals surface area (Å²) in [5.41, 5.74) is 0.348. The number of hydrogen-bond donors (Lipinski definition) is 1. The molecule has 3 atom stereocenters. The largest absolute Gasteiger partial charge is 0.444 e. The van der Waals surface area contributed by atoms with Crippen LogP contribution in [0.1, 0.15) is 63.3 Å². The van der Waals surface area contributed by atoms with Crippen molar-refractivity contribution in [3.8, 4) is 0 Å². The van der Waals surface area contributed by atoms with Gasteiger partial charge in [-0.3, -0.25) is 9.69 Å². The van der Waals surface area contributed by atoms with E-state index >= 15 is 0 Å². The van der Waals surface area contributed by atoms with Crippen LogP contribution in [0.2, 0.25) is 0 Å². The number of likely N-dealkylation sites (tertiary alicyclic amines) is 1. The SMILES string of the molecule is COC1CC(C(=O)Nc2cc(C(Br)CCC3CC3)ccc2F)N(C(=O)OC(C)(C)C)C1. The lowest BCUT2D eigenvalue weighted by Crippen LogP contribution is -2.45. The number of rotatable bonds is 7. The molecule has 8 heteroatoms. The number of carbonyl (C=O) groups excluding carboxylic acids is 2. The molecule has 172 valence electrons. The highest BCUT2D eigenvalue weighted by molar-refractivity contribution is 9.09. The second kappa shape index (κ2) is 9.86. The van der Waals surface area contributed by atoms with Crippen LogP contribution in [0.25, 0.3) is 0 Å². The Hall–Kier alpha value is -1.67. The Bertz CT molecular complexity index is 809. The molecule has 1 heterocycles. The summed E-state index contributed by atoms with van der Waals surface area (Å²) in [6, 6.07) is 3.98. The molecule has 1 aromatic rings. The number of methoxy groups -OCH3 is 1. The molecule has 1 aromatic carbocycles. The second-order valence-corrected chi connectivity index (χ2v) is 10.6. The van der Waals surface area contributed by atoms with E-state index in [2.05, 4.69) is 21.2 Å². The number of nitrogens with one attached hydrogen (secondary N) is 1. The maximum absolute atomic E-state index is 14.5. The van der Waals surface area contributed by atoms with Crippen LogP contribution in [0.3, 0.4) is 0 Å². The topological polar surface area (TPSA) is 67.9 Å². The molecule has 31 heavy (non-hydrogen) atoms. The molecule has 0 spiro atoms. The van der Waals surface area contributed by atoms with E-state index in [0.717, 1.165) is 24.3 Å². The van der Waals surface area contributed by atoms with Crippen molar-refractivity contribution in [2.24, 2.45) is 5.92 Å². The van der Waals surface area contributed by atoms with E-state index in [1.807, 2.05) is 0 Å². The van der Waals surface area contributed by atoms with E-state index in [-0.39, 0.29) is 23.2 Å². The van der Waals surface area contributed by atoms with Gasteiger partial charge in [0.15, 0.2) is 0 Å². The fourth-order valence-corrected chi connectivity index (χ4v) is 4.29. The van der Waals surface area contributed by atoms with Gasteiger partial charge in [0.2, 0.25) is 5.91 Å². The lowest BCUT2D eigenvalue weighted by Gasteiger charge is -2.28. The summed E-state index contributed by atoms with van der Waals surface area (Å²) in [5.74, 6) is -0.149. The Morgan fingerprint density at radius 2 is 2.03 bits per heavy atom.